The highest BCUT2D eigenvalue weighted by Gasteiger charge is 2.34. The molecule has 1 atom stereocenters. The predicted octanol–water partition coefficient (Wildman–Crippen LogP) is 4.30. The van der Waals surface area contributed by atoms with Crippen LogP contribution in [0.4, 0.5) is 5.13 Å². The number of fused-ring (bicyclic) bond motifs is 4. The fourth-order valence-electron chi connectivity index (χ4n) is 4.01. The number of aliphatic hydroxyl groups excluding tert-OH is 1. The smallest absolute Gasteiger partial charge is 0.229 e. The number of amides is 1. The van der Waals surface area contributed by atoms with Gasteiger partial charge in [-0.05, 0) is 42.0 Å². The molecule has 0 radical (unpaired) electrons. The van der Waals surface area contributed by atoms with E-state index in [1.54, 1.807) is 11.3 Å². The van der Waals surface area contributed by atoms with Crippen LogP contribution < -0.4 is 10.2 Å². The summed E-state index contributed by atoms with van der Waals surface area (Å²) in [6.45, 7) is 1.21. The first-order chi connectivity index (χ1) is 14.5. The van der Waals surface area contributed by atoms with Gasteiger partial charge in [-0.2, -0.15) is 0 Å². The number of anilines is 1. The van der Waals surface area contributed by atoms with Crippen LogP contribution >= 0.6 is 34.5 Å². The number of halogens is 2. The van der Waals surface area contributed by atoms with Crippen LogP contribution in [0.3, 0.4) is 0 Å². The number of nitrogens with one attached hydrogen (secondary N) is 2. The summed E-state index contributed by atoms with van der Waals surface area (Å²) in [5.74, 6) is -0.539. The van der Waals surface area contributed by atoms with Crippen LogP contribution in [0, 0.1) is 0 Å². The van der Waals surface area contributed by atoms with Crippen molar-refractivity contribution in [2.45, 2.75) is 12.5 Å². The number of benzene rings is 2. The standard InChI is InChI=1S/C21H18Cl2N4O2S/c22-11-1-3-15-13(7-11)19-14(20(29)24-5-6-28)9-27(10-17(19)25-15)21-26-16-4-2-12(23)8-18(16)30-21/h1-4,7-8,14,25,28H,5-6,9-10H2,(H,24,29). The topological polar surface area (TPSA) is 81.2 Å². The van der Waals surface area contributed by atoms with E-state index in [1.165, 1.54) is 0 Å². The van der Waals surface area contributed by atoms with Crippen LogP contribution in [0.2, 0.25) is 10.0 Å². The molecule has 2 aromatic carbocycles. The van der Waals surface area contributed by atoms with Crippen molar-refractivity contribution in [2.24, 2.45) is 0 Å². The predicted molar refractivity (Wildman–Crippen MR) is 122 cm³/mol. The van der Waals surface area contributed by atoms with E-state index in [9.17, 15) is 4.79 Å². The summed E-state index contributed by atoms with van der Waals surface area (Å²) in [5, 5.41) is 15.1. The minimum Gasteiger partial charge on any atom is -0.395 e. The SMILES string of the molecule is O=C(NCCO)C1CN(c2nc3ccc(Cl)cc3s2)Cc2[nH]c3ccc(Cl)cc3c21. The molecule has 0 saturated carbocycles. The summed E-state index contributed by atoms with van der Waals surface area (Å²) >= 11 is 13.9. The molecule has 4 aromatic rings. The first-order valence-electron chi connectivity index (χ1n) is 9.53. The van der Waals surface area contributed by atoms with Gasteiger partial charge < -0.3 is 20.3 Å². The first-order valence-corrected chi connectivity index (χ1v) is 11.1. The molecular formula is C21H18Cl2N4O2S. The lowest BCUT2D eigenvalue weighted by Gasteiger charge is -2.32. The Morgan fingerprint density at radius 2 is 2.07 bits per heavy atom. The fourth-order valence-corrected chi connectivity index (χ4v) is 5.44. The maximum absolute atomic E-state index is 13.0. The molecule has 0 bridgehead atoms. The third-order valence-electron chi connectivity index (χ3n) is 5.32. The molecule has 5 rings (SSSR count). The number of aromatic nitrogens is 2. The average molecular weight is 461 g/mol. The maximum Gasteiger partial charge on any atom is 0.229 e. The number of hydrogen-bond acceptors (Lipinski definition) is 5. The van der Waals surface area contributed by atoms with E-state index in [4.69, 9.17) is 33.3 Å². The Bertz CT molecular complexity index is 1270. The van der Waals surface area contributed by atoms with E-state index >= 15 is 0 Å². The van der Waals surface area contributed by atoms with E-state index in [-0.39, 0.29) is 19.1 Å². The molecule has 1 unspecified atom stereocenters. The molecule has 6 nitrogen and oxygen atoms in total. The van der Waals surface area contributed by atoms with Crippen molar-refractivity contribution in [1.82, 2.24) is 15.3 Å². The van der Waals surface area contributed by atoms with Crippen molar-refractivity contribution in [3.8, 4) is 0 Å². The highest BCUT2D eigenvalue weighted by atomic mass is 35.5. The Morgan fingerprint density at radius 1 is 1.27 bits per heavy atom. The van der Waals surface area contributed by atoms with Crippen molar-refractivity contribution in [2.75, 3.05) is 24.6 Å². The van der Waals surface area contributed by atoms with Crippen LogP contribution in [-0.2, 0) is 11.3 Å². The van der Waals surface area contributed by atoms with Crippen LogP contribution in [0.15, 0.2) is 36.4 Å². The second-order valence-corrected chi connectivity index (χ2v) is 9.15. The molecule has 1 aliphatic rings. The molecule has 1 amide bonds. The van der Waals surface area contributed by atoms with Gasteiger partial charge >= 0.3 is 0 Å². The number of hydrogen-bond donors (Lipinski definition) is 3. The molecule has 3 heterocycles. The van der Waals surface area contributed by atoms with Gasteiger partial charge in [0.25, 0.3) is 0 Å². The Kier molecular flexibility index (Phi) is 5.06. The van der Waals surface area contributed by atoms with Crippen LogP contribution in [-0.4, -0.2) is 40.7 Å². The highest BCUT2D eigenvalue weighted by Crippen LogP contribution is 2.39. The van der Waals surface area contributed by atoms with Gasteiger partial charge in [0.05, 0.1) is 29.3 Å². The first kappa shape index (κ1) is 19.6. The lowest BCUT2D eigenvalue weighted by atomic mass is 9.91. The molecule has 0 fully saturated rings. The maximum atomic E-state index is 13.0. The molecule has 3 N–H and O–H groups in total. The van der Waals surface area contributed by atoms with Crippen LogP contribution in [0.1, 0.15) is 17.2 Å². The van der Waals surface area contributed by atoms with Gasteiger partial charge in [-0.1, -0.05) is 34.5 Å². The van der Waals surface area contributed by atoms with Gasteiger partial charge in [0.15, 0.2) is 5.13 Å². The Balaban J connectivity index is 1.59. The third-order valence-corrected chi connectivity index (χ3v) is 6.87. The second-order valence-electron chi connectivity index (χ2n) is 7.26. The number of aliphatic hydroxyl groups is 1. The molecule has 1 aliphatic heterocycles. The van der Waals surface area contributed by atoms with E-state index in [0.29, 0.717) is 23.1 Å². The van der Waals surface area contributed by atoms with Crippen molar-refractivity contribution < 1.29 is 9.90 Å². The number of nitrogens with zero attached hydrogens (tertiary/aromatic N) is 2. The molecule has 0 spiro atoms. The number of thiazole rings is 1. The Hall–Kier alpha value is -2.32. The molecule has 9 heteroatoms. The van der Waals surface area contributed by atoms with Crippen LogP contribution in [0.5, 0.6) is 0 Å². The quantitative estimate of drug-likeness (QED) is 0.424. The van der Waals surface area contributed by atoms with Gasteiger partial charge in [0.2, 0.25) is 5.91 Å². The lowest BCUT2D eigenvalue weighted by Crippen LogP contribution is -2.41. The van der Waals surface area contributed by atoms with Crippen molar-refractivity contribution in [3.05, 3.63) is 57.7 Å². The summed E-state index contributed by atoms with van der Waals surface area (Å²) in [4.78, 5) is 23.3. The minimum atomic E-state index is -0.414. The van der Waals surface area contributed by atoms with Crippen LogP contribution in [0.25, 0.3) is 21.1 Å². The van der Waals surface area contributed by atoms with Crippen molar-refractivity contribution in [3.63, 3.8) is 0 Å². The molecule has 0 saturated heterocycles. The van der Waals surface area contributed by atoms with E-state index in [2.05, 4.69) is 15.2 Å². The zero-order valence-electron chi connectivity index (χ0n) is 15.8. The molecule has 0 aliphatic carbocycles. The second kappa shape index (κ2) is 7.74. The molecule has 30 heavy (non-hydrogen) atoms. The number of aromatic amines is 1. The Labute approximate surface area is 186 Å². The van der Waals surface area contributed by atoms with Crippen molar-refractivity contribution >= 4 is 66.7 Å². The largest absolute Gasteiger partial charge is 0.395 e. The number of rotatable bonds is 4. The van der Waals surface area contributed by atoms with E-state index in [0.717, 1.165) is 37.5 Å². The van der Waals surface area contributed by atoms with E-state index < -0.39 is 5.92 Å². The van der Waals surface area contributed by atoms with Crippen molar-refractivity contribution in [1.29, 1.82) is 0 Å². The Morgan fingerprint density at radius 3 is 2.90 bits per heavy atom. The normalized spacial score (nSPS) is 16.2. The summed E-state index contributed by atoms with van der Waals surface area (Å²) in [7, 11) is 0. The number of H-pyrrole nitrogens is 1. The molecule has 2 aromatic heterocycles. The minimum absolute atomic E-state index is 0.104. The molecular weight excluding hydrogens is 443 g/mol. The summed E-state index contributed by atoms with van der Waals surface area (Å²) in [5.41, 5.74) is 3.76. The summed E-state index contributed by atoms with van der Waals surface area (Å²) in [6, 6.07) is 11.3. The number of carbonyl (C=O) groups excluding carboxylic acids is 1. The monoisotopic (exact) mass is 460 g/mol. The van der Waals surface area contributed by atoms with Gasteiger partial charge in [0.1, 0.15) is 0 Å². The fraction of sp³-hybridized carbons (Fsp3) is 0.238. The average Bonchev–Trinajstić information content (AvgIpc) is 3.31. The molecule has 154 valence electrons. The van der Waals surface area contributed by atoms with Gasteiger partial charge in [-0.3, -0.25) is 4.79 Å². The zero-order valence-corrected chi connectivity index (χ0v) is 18.1. The van der Waals surface area contributed by atoms with Gasteiger partial charge in [-0.25, -0.2) is 4.98 Å². The van der Waals surface area contributed by atoms with Gasteiger partial charge in [0, 0.05) is 39.7 Å². The summed E-state index contributed by atoms with van der Waals surface area (Å²) in [6.07, 6.45) is 0. The van der Waals surface area contributed by atoms with Gasteiger partial charge in [-0.15, -0.1) is 0 Å². The number of carbonyl (C=O) groups is 1. The highest BCUT2D eigenvalue weighted by molar-refractivity contribution is 7.22. The third kappa shape index (κ3) is 3.41. The lowest BCUT2D eigenvalue weighted by molar-refractivity contribution is -0.122. The summed E-state index contributed by atoms with van der Waals surface area (Å²) < 4.78 is 1.01. The zero-order chi connectivity index (χ0) is 20.8. The van der Waals surface area contributed by atoms with E-state index in [1.807, 2.05) is 36.4 Å².